The van der Waals surface area contributed by atoms with E-state index in [1.165, 1.54) is 12.3 Å². The molecule has 5 aliphatic rings. The fourth-order valence-corrected chi connectivity index (χ4v) is 6.09. The molecule has 162 valence electrons. The lowest BCUT2D eigenvalue weighted by Crippen LogP contribution is -2.49. The molecule has 3 atom stereocenters. The van der Waals surface area contributed by atoms with Crippen LogP contribution in [0.25, 0.3) is 0 Å². The number of hydrogen-bond acceptors (Lipinski definition) is 5. The summed E-state index contributed by atoms with van der Waals surface area (Å²) >= 11 is 6.27. The molecule has 0 radical (unpaired) electrons. The van der Waals surface area contributed by atoms with E-state index in [1.807, 2.05) is 0 Å². The highest BCUT2D eigenvalue weighted by molar-refractivity contribution is 6.40. The third kappa shape index (κ3) is 2.81. The number of carboxylic acids is 1. The molecular weight excluding hydrogens is 427 g/mol. The smallest absolute Gasteiger partial charge is 0.312 e. The standard InChI is InChI=1S/C22H20ClFN2O5/c23-15-8-25-7-12-17(11-5-10(28)6-16(24)18(11)15)13(21(30)31)9-26-19(12)22(2-3-22)14(1-4-27)20(26)29/h5-6,8,13-14,19,27H,1-4,7,9H2,(H,30,31)/b18-15-,25-8?. The molecule has 2 aliphatic carbocycles. The van der Waals surface area contributed by atoms with Gasteiger partial charge >= 0.3 is 5.97 Å². The van der Waals surface area contributed by atoms with Gasteiger partial charge in [-0.3, -0.25) is 19.4 Å². The van der Waals surface area contributed by atoms with E-state index in [4.69, 9.17) is 11.6 Å². The first-order chi connectivity index (χ1) is 14.8. The Morgan fingerprint density at radius 1 is 1.32 bits per heavy atom. The number of carbonyl (C=O) groups excluding carboxylic acids is 2. The van der Waals surface area contributed by atoms with Crippen LogP contribution in [0.4, 0.5) is 4.39 Å². The van der Waals surface area contributed by atoms with Gasteiger partial charge in [-0.2, -0.15) is 0 Å². The zero-order valence-corrected chi connectivity index (χ0v) is 17.2. The molecule has 0 aromatic rings. The Labute approximate surface area is 182 Å². The van der Waals surface area contributed by atoms with Crippen molar-refractivity contribution >= 4 is 35.5 Å². The van der Waals surface area contributed by atoms with E-state index in [0.717, 1.165) is 18.9 Å². The highest BCUT2D eigenvalue weighted by Gasteiger charge is 2.67. The first-order valence-corrected chi connectivity index (χ1v) is 10.6. The first-order valence-electron chi connectivity index (χ1n) is 10.2. The molecule has 1 spiro atoms. The normalized spacial score (nSPS) is 33.4. The Morgan fingerprint density at radius 3 is 2.71 bits per heavy atom. The van der Waals surface area contributed by atoms with Crippen LogP contribution < -0.4 is 0 Å². The number of ketones is 1. The van der Waals surface area contributed by atoms with Gasteiger partial charge in [0.1, 0.15) is 5.83 Å². The van der Waals surface area contributed by atoms with Gasteiger partial charge in [-0.25, -0.2) is 4.39 Å². The fraction of sp³-hybridized carbons (Fsp3) is 0.455. The van der Waals surface area contributed by atoms with E-state index in [9.17, 15) is 29.0 Å². The molecule has 0 bridgehead atoms. The highest BCUT2D eigenvalue weighted by atomic mass is 35.5. The molecule has 2 fully saturated rings. The lowest BCUT2D eigenvalue weighted by atomic mass is 9.73. The molecule has 0 aromatic heterocycles. The summed E-state index contributed by atoms with van der Waals surface area (Å²) in [6.45, 7) is -0.113. The molecule has 1 amide bonds. The van der Waals surface area contributed by atoms with E-state index < -0.39 is 29.4 Å². The van der Waals surface area contributed by atoms with Crippen LogP contribution in [0.1, 0.15) is 19.3 Å². The number of halogens is 2. The molecule has 1 saturated carbocycles. The van der Waals surface area contributed by atoms with Gasteiger partial charge < -0.3 is 15.1 Å². The lowest BCUT2D eigenvalue weighted by molar-refractivity contribution is -0.142. The number of carboxylic acid groups (broad SMARTS) is 1. The van der Waals surface area contributed by atoms with Crippen molar-refractivity contribution in [3.05, 3.63) is 45.3 Å². The minimum Gasteiger partial charge on any atom is -0.481 e. The molecule has 1 saturated heterocycles. The summed E-state index contributed by atoms with van der Waals surface area (Å²) in [5.74, 6) is -4.28. The Bertz CT molecular complexity index is 1080. The van der Waals surface area contributed by atoms with E-state index in [1.54, 1.807) is 4.90 Å². The summed E-state index contributed by atoms with van der Waals surface area (Å²) in [4.78, 5) is 43.6. The van der Waals surface area contributed by atoms with Crippen LogP contribution in [0.15, 0.2) is 50.3 Å². The fourth-order valence-electron chi connectivity index (χ4n) is 5.83. The molecule has 2 N–H and O–H groups in total. The highest BCUT2D eigenvalue weighted by Crippen LogP contribution is 2.65. The predicted molar refractivity (Wildman–Crippen MR) is 109 cm³/mol. The van der Waals surface area contributed by atoms with Crippen molar-refractivity contribution in [1.29, 1.82) is 0 Å². The van der Waals surface area contributed by atoms with Crippen molar-refractivity contribution in [2.24, 2.45) is 22.2 Å². The van der Waals surface area contributed by atoms with Crippen LogP contribution in [0, 0.1) is 17.3 Å². The van der Waals surface area contributed by atoms with Crippen LogP contribution in [-0.4, -0.2) is 64.7 Å². The van der Waals surface area contributed by atoms with Crippen molar-refractivity contribution in [2.75, 3.05) is 19.7 Å². The van der Waals surface area contributed by atoms with Crippen molar-refractivity contribution in [1.82, 2.24) is 4.90 Å². The van der Waals surface area contributed by atoms with Crippen molar-refractivity contribution in [3.63, 3.8) is 0 Å². The van der Waals surface area contributed by atoms with E-state index in [0.29, 0.717) is 17.6 Å². The molecule has 9 heteroatoms. The second kappa shape index (κ2) is 6.97. The third-order valence-corrected chi connectivity index (χ3v) is 7.42. The largest absolute Gasteiger partial charge is 0.481 e. The number of aliphatic hydroxyl groups excluding tert-OH is 1. The van der Waals surface area contributed by atoms with Crippen LogP contribution in [0.3, 0.4) is 0 Å². The number of allylic oxidation sites excluding steroid dienone is 6. The average molecular weight is 447 g/mol. The number of fused-ring (bicyclic) bond motifs is 5. The minimum atomic E-state index is -1.17. The molecule has 5 rings (SSSR count). The maximum Gasteiger partial charge on any atom is 0.312 e. The van der Waals surface area contributed by atoms with Crippen molar-refractivity contribution in [2.45, 2.75) is 25.3 Å². The molecule has 0 aromatic carbocycles. The maximum absolute atomic E-state index is 14.8. The van der Waals surface area contributed by atoms with Crippen molar-refractivity contribution in [3.8, 4) is 0 Å². The van der Waals surface area contributed by atoms with Gasteiger partial charge in [0.25, 0.3) is 0 Å². The molecular formula is C22H20ClFN2O5. The summed E-state index contributed by atoms with van der Waals surface area (Å²) in [5, 5.41) is 19.5. The van der Waals surface area contributed by atoms with Gasteiger partial charge in [0.2, 0.25) is 5.91 Å². The van der Waals surface area contributed by atoms with Gasteiger partial charge in [0.05, 0.1) is 23.5 Å². The maximum atomic E-state index is 14.8. The number of carbonyl (C=O) groups is 3. The number of aliphatic carboxylic acids is 1. The van der Waals surface area contributed by atoms with Crippen LogP contribution in [0.2, 0.25) is 0 Å². The summed E-state index contributed by atoms with van der Waals surface area (Å²) < 4.78 is 14.8. The molecule has 31 heavy (non-hydrogen) atoms. The summed E-state index contributed by atoms with van der Waals surface area (Å²) in [6, 6.07) is -0.387. The number of nitrogens with zero attached hydrogens (tertiary/aromatic N) is 2. The summed E-state index contributed by atoms with van der Waals surface area (Å²) in [7, 11) is 0. The molecule has 3 unspecified atom stereocenters. The number of hydrogen-bond donors (Lipinski definition) is 2. The summed E-state index contributed by atoms with van der Waals surface area (Å²) in [6.07, 6.45) is 5.22. The number of aliphatic hydroxyl groups is 1. The Kier molecular flexibility index (Phi) is 4.57. The monoisotopic (exact) mass is 446 g/mol. The predicted octanol–water partition coefficient (Wildman–Crippen LogP) is 1.93. The first kappa shape index (κ1) is 20.3. The minimum absolute atomic E-state index is 0.00703. The summed E-state index contributed by atoms with van der Waals surface area (Å²) in [5.41, 5.74) is 0.686. The van der Waals surface area contributed by atoms with Crippen LogP contribution in [-0.2, 0) is 14.4 Å². The van der Waals surface area contributed by atoms with Gasteiger partial charge in [0, 0.05) is 42.3 Å². The van der Waals surface area contributed by atoms with E-state index in [-0.39, 0.29) is 53.2 Å². The van der Waals surface area contributed by atoms with Gasteiger partial charge in [-0.1, -0.05) is 11.6 Å². The zero-order chi connectivity index (χ0) is 22.1. The van der Waals surface area contributed by atoms with Crippen LogP contribution >= 0.6 is 11.6 Å². The Hall–Kier alpha value is -2.58. The van der Waals surface area contributed by atoms with Gasteiger partial charge in [0.15, 0.2) is 5.78 Å². The van der Waals surface area contributed by atoms with E-state index >= 15 is 0 Å². The molecule has 3 aliphatic heterocycles. The second-order valence-electron chi connectivity index (χ2n) is 8.67. The SMILES string of the molecule is O=C1C=C(F)/C2=C(\Cl)C=NCC3=C(C2=C1)C(C(=O)O)CN1C(=O)C(CCO)C2(CC2)C31. The lowest BCUT2D eigenvalue weighted by Gasteiger charge is -2.41. The third-order valence-electron chi connectivity index (χ3n) is 7.14. The average Bonchev–Trinajstić information content (AvgIpc) is 3.45. The van der Waals surface area contributed by atoms with Crippen LogP contribution in [0.5, 0.6) is 0 Å². The van der Waals surface area contributed by atoms with Gasteiger partial charge in [-0.05, 0) is 42.1 Å². The Morgan fingerprint density at radius 2 is 2.06 bits per heavy atom. The van der Waals surface area contributed by atoms with Crippen molar-refractivity contribution < 1.29 is 29.0 Å². The Balaban J connectivity index is 1.76. The van der Waals surface area contributed by atoms with E-state index in [2.05, 4.69) is 4.99 Å². The number of rotatable bonds is 3. The zero-order valence-electron chi connectivity index (χ0n) is 16.5. The topological polar surface area (TPSA) is 107 Å². The molecule has 3 heterocycles. The quantitative estimate of drug-likeness (QED) is 0.688. The second-order valence-corrected chi connectivity index (χ2v) is 9.07. The number of aliphatic imine (C=N–C) groups is 1. The number of amides is 1. The van der Waals surface area contributed by atoms with Gasteiger partial charge in [-0.15, -0.1) is 0 Å². The molecule has 7 nitrogen and oxygen atoms in total.